The fourth-order valence-corrected chi connectivity index (χ4v) is 1.20. The van der Waals surface area contributed by atoms with Crippen LogP contribution in [-0.2, 0) is 0 Å². The SMILES string of the molecule is Cc1c(C#CCCN)cnc(N)c1[N+](=O)[O-]. The molecule has 0 unspecified atom stereocenters. The first-order chi connectivity index (χ1) is 7.57. The Kier molecular flexibility index (Phi) is 3.80. The molecule has 1 rings (SSSR count). The lowest BCUT2D eigenvalue weighted by molar-refractivity contribution is -0.384. The van der Waals surface area contributed by atoms with Crippen LogP contribution in [0.2, 0.25) is 0 Å². The summed E-state index contributed by atoms with van der Waals surface area (Å²) in [4.78, 5) is 13.9. The zero-order valence-corrected chi connectivity index (χ0v) is 8.86. The molecule has 6 nitrogen and oxygen atoms in total. The van der Waals surface area contributed by atoms with Crippen LogP contribution in [0, 0.1) is 28.9 Å². The van der Waals surface area contributed by atoms with Gasteiger partial charge in [0.25, 0.3) is 0 Å². The minimum absolute atomic E-state index is 0.0909. The number of nitrogen functional groups attached to an aromatic ring is 1. The topological polar surface area (TPSA) is 108 Å². The molecule has 0 amide bonds. The Balaban J connectivity index is 3.20. The second-order valence-corrected chi connectivity index (χ2v) is 3.13. The van der Waals surface area contributed by atoms with Crippen LogP contribution in [0.15, 0.2) is 6.20 Å². The van der Waals surface area contributed by atoms with Gasteiger partial charge >= 0.3 is 5.69 Å². The lowest BCUT2D eigenvalue weighted by Crippen LogP contribution is -2.02. The van der Waals surface area contributed by atoms with Crippen molar-refractivity contribution in [3.05, 3.63) is 27.4 Å². The van der Waals surface area contributed by atoms with Gasteiger partial charge in [-0.05, 0) is 6.92 Å². The Bertz CT molecular complexity index is 474. The van der Waals surface area contributed by atoms with Gasteiger partial charge in [0.1, 0.15) is 0 Å². The molecule has 0 aliphatic heterocycles. The molecule has 1 heterocycles. The molecule has 0 aliphatic carbocycles. The molecule has 0 saturated heterocycles. The highest BCUT2D eigenvalue weighted by atomic mass is 16.6. The van der Waals surface area contributed by atoms with E-state index < -0.39 is 4.92 Å². The van der Waals surface area contributed by atoms with Gasteiger partial charge in [-0.25, -0.2) is 4.98 Å². The van der Waals surface area contributed by atoms with E-state index in [1.165, 1.54) is 6.20 Å². The molecular formula is C10H12N4O2. The number of hydrogen-bond donors (Lipinski definition) is 2. The van der Waals surface area contributed by atoms with Crippen LogP contribution in [0.25, 0.3) is 0 Å². The van der Waals surface area contributed by atoms with Crippen LogP contribution in [0.3, 0.4) is 0 Å². The summed E-state index contributed by atoms with van der Waals surface area (Å²) >= 11 is 0. The van der Waals surface area contributed by atoms with Gasteiger partial charge in [0.05, 0.1) is 10.5 Å². The lowest BCUT2D eigenvalue weighted by Gasteiger charge is -2.01. The van der Waals surface area contributed by atoms with Crippen molar-refractivity contribution in [3.63, 3.8) is 0 Å². The van der Waals surface area contributed by atoms with Crippen molar-refractivity contribution >= 4 is 11.5 Å². The fourth-order valence-electron chi connectivity index (χ4n) is 1.20. The normalized spacial score (nSPS) is 9.38. The van der Waals surface area contributed by atoms with Crippen LogP contribution in [-0.4, -0.2) is 16.5 Å². The van der Waals surface area contributed by atoms with Crippen LogP contribution >= 0.6 is 0 Å². The van der Waals surface area contributed by atoms with Gasteiger partial charge < -0.3 is 11.5 Å². The first-order valence-corrected chi connectivity index (χ1v) is 4.66. The summed E-state index contributed by atoms with van der Waals surface area (Å²) in [6, 6.07) is 0. The average Bonchev–Trinajstić information content (AvgIpc) is 2.21. The Morgan fingerprint density at radius 1 is 1.62 bits per heavy atom. The molecule has 16 heavy (non-hydrogen) atoms. The number of rotatable bonds is 2. The van der Waals surface area contributed by atoms with Gasteiger partial charge in [-0.2, -0.15) is 0 Å². The fraction of sp³-hybridized carbons (Fsp3) is 0.300. The number of aromatic nitrogens is 1. The lowest BCUT2D eigenvalue weighted by atomic mass is 10.1. The van der Waals surface area contributed by atoms with Gasteiger partial charge in [-0.3, -0.25) is 10.1 Å². The molecule has 4 N–H and O–H groups in total. The number of pyridine rings is 1. The van der Waals surface area contributed by atoms with E-state index in [9.17, 15) is 10.1 Å². The summed E-state index contributed by atoms with van der Waals surface area (Å²) in [5.74, 6) is 5.49. The molecule has 0 spiro atoms. The summed E-state index contributed by atoms with van der Waals surface area (Å²) < 4.78 is 0. The van der Waals surface area contributed by atoms with Crippen LogP contribution < -0.4 is 11.5 Å². The molecule has 1 aromatic heterocycles. The van der Waals surface area contributed by atoms with Crippen molar-refractivity contribution in [1.29, 1.82) is 0 Å². The monoisotopic (exact) mass is 220 g/mol. The number of nitrogens with zero attached hydrogens (tertiary/aromatic N) is 2. The number of hydrogen-bond acceptors (Lipinski definition) is 5. The molecule has 84 valence electrons. The van der Waals surface area contributed by atoms with Gasteiger partial charge in [0.2, 0.25) is 5.82 Å². The van der Waals surface area contributed by atoms with Crippen molar-refractivity contribution in [2.45, 2.75) is 13.3 Å². The second kappa shape index (κ2) is 5.09. The maximum Gasteiger partial charge on any atom is 0.315 e. The molecule has 0 atom stereocenters. The van der Waals surface area contributed by atoms with E-state index in [1.54, 1.807) is 6.92 Å². The van der Waals surface area contributed by atoms with Crippen LogP contribution in [0.5, 0.6) is 0 Å². The molecule has 0 aliphatic rings. The average molecular weight is 220 g/mol. The van der Waals surface area contributed by atoms with E-state index in [1.807, 2.05) is 0 Å². The van der Waals surface area contributed by atoms with Crippen molar-refractivity contribution in [2.75, 3.05) is 12.3 Å². The zero-order chi connectivity index (χ0) is 12.1. The second-order valence-electron chi connectivity index (χ2n) is 3.13. The third kappa shape index (κ3) is 2.46. The van der Waals surface area contributed by atoms with Crippen LogP contribution in [0.1, 0.15) is 17.5 Å². The minimum atomic E-state index is -0.550. The number of nitro groups is 1. The highest BCUT2D eigenvalue weighted by Crippen LogP contribution is 2.25. The van der Waals surface area contributed by atoms with E-state index in [0.29, 0.717) is 24.1 Å². The highest BCUT2D eigenvalue weighted by molar-refractivity contribution is 5.62. The Labute approximate surface area is 92.8 Å². The van der Waals surface area contributed by atoms with Gasteiger partial charge in [-0.1, -0.05) is 11.8 Å². The van der Waals surface area contributed by atoms with Gasteiger partial charge in [-0.15, -0.1) is 0 Å². The minimum Gasteiger partial charge on any atom is -0.378 e. The Morgan fingerprint density at radius 3 is 2.88 bits per heavy atom. The van der Waals surface area contributed by atoms with Gasteiger partial charge in [0.15, 0.2) is 0 Å². The predicted octanol–water partition coefficient (Wildman–Crippen LogP) is 0.581. The summed E-state index contributed by atoms with van der Waals surface area (Å²) in [7, 11) is 0. The quantitative estimate of drug-likeness (QED) is 0.430. The summed E-state index contributed by atoms with van der Waals surface area (Å²) in [5.41, 5.74) is 11.5. The van der Waals surface area contributed by atoms with Gasteiger partial charge in [0, 0.05) is 24.7 Å². The smallest absolute Gasteiger partial charge is 0.315 e. The van der Waals surface area contributed by atoms with E-state index in [4.69, 9.17) is 11.5 Å². The molecule has 6 heteroatoms. The zero-order valence-electron chi connectivity index (χ0n) is 8.86. The number of anilines is 1. The molecule has 0 bridgehead atoms. The van der Waals surface area contributed by atoms with E-state index in [2.05, 4.69) is 16.8 Å². The highest BCUT2D eigenvalue weighted by Gasteiger charge is 2.18. The molecular weight excluding hydrogens is 208 g/mol. The molecule has 0 saturated carbocycles. The standard InChI is InChI=1S/C10H12N4O2/c1-7-8(4-2-3-5-11)6-13-10(12)9(7)14(15)16/h6H,3,5,11H2,1H3,(H2,12,13). The maximum absolute atomic E-state index is 10.7. The van der Waals surface area contributed by atoms with E-state index in [-0.39, 0.29) is 11.5 Å². The van der Waals surface area contributed by atoms with Crippen molar-refractivity contribution in [1.82, 2.24) is 4.98 Å². The first kappa shape index (κ1) is 11.9. The first-order valence-electron chi connectivity index (χ1n) is 4.66. The molecule has 0 aromatic carbocycles. The van der Waals surface area contributed by atoms with Crippen molar-refractivity contribution in [2.24, 2.45) is 5.73 Å². The molecule has 0 radical (unpaired) electrons. The number of nitrogens with two attached hydrogens (primary N) is 2. The third-order valence-corrected chi connectivity index (χ3v) is 2.01. The summed E-state index contributed by atoms with van der Waals surface area (Å²) in [6.45, 7) is 2.05. The Morgan fingerprint density at radius 2 is 2.31 bits per heavy atom. The molecule has 0 fully saturated rings. The summed E-state index contributed by atoms with van der Waals surface area (Å²) in [6.07, 6.45) is 1.97. The van der Waals surface area contributed by atoms with Crippen molar-refractivity contribution < 1.29 is 4.92 Å². The van der Waals surface area contributed by atoms with Crippen molar-refractivity contribution in [3.8, 4) is 11.8 Å². The van der Waals surface area contributed by atoms with E-state index in [0.717, 1.165) is 0 Å². The predicted molar refractivity (Wildman–Crippen MR) is 60.6 cm³/mol. The Hall–Kier alpha value is -2.13. The summed E-state index contributed by atoms with van der Waals surface area (Å²) in [5, 5.41) is 10.7. The molecule has 1 aromatic rings. The van der Waals surface area contributed by atoms with E-state index >= 15 is 0 Å². The third-order valence-electron chi connectivity index (χ3n) is 2.01. The van der Waals surface area contributed by atoms with Crippen LogP contribution in [0.4, 0.5) is 11.5 Å². The largest absolute Gasteiger partial charge is 0.378 e. The maximum atomic E-state index is 10.7.